The second-order valence-corrected chi connectivity index (χ2v) is 11.0. The van der Waals surface area contributed by atoms with Gasteiger partial charge < -0.3 is 5.73 Å². The van der Waals surface area contributed by atoms with E-state index in [-0.39, 0.29) is 41.8 Å². The first kappa shape index (κ1) is 34.0. The molecule has 1 nitrogen and oxygen atoms in total. The summed E-state index contributed by atoms with van der Waals surface area (Å²) in [5, 5.41) is 2.90. The number of hydrogen-bond donors (Lipinski definition) is 0. The van der Waals surface area contributed by atoms with Crippen molar-refractivity contribution in [2.45, 2.75) is 99.0 Å². The molecule has 0 heterocycles. The van der Waals surface area contributed by atoms with Crippen LogP contribution in [0.1, 0.15) is 92.9 Å². The predicted octanol–water partition coefficient (Wildman–Crippen LogP) is 8.36. The Morgan fingerprint density at radius 3 is 1.60 bits per heavy atom. The third-order valence-corrected chi connectivity index (χ3v) is 6.99. The van der Waals surface area contributed by atoms with Gasteiger partial charge in [0, 0.05) is 0 Å². The van der Waals surface area contributed by atoms with E-state index in [2.05, 4.69) is 94.4 Å². The Balaban J connectivity index is 0.000000570. The second-order valence-electron chi connectivity index (χ2n) is 9.34. The van der Waals surface area contributed by atoms with E-state index in [9.17, 15) is 0 Å². The van der Waals surface area contributed by atoms with E-state index in [4.69, 9.17) is 5.73 Å². The molecule has 3 heteroatoms. The molecule has 0 saturated heterocycles. The SMILES string of the molecule is CC(C)[NH-].CCCC1=[C-]C(CCC)C(CCC)=C1CCC.[Zr+2].c1ccc([SiH]c2ccccc2)cc1. The van der Waals surface area contributed by atoms with Gasteiger partial charge in [-0.25, -0.2) is 5.57 Å². The average molecular weight is 566 g/mol. The molecule has 0 amide bonds. The zero-order valence-electron chi connectivity index (χ0n) is 23.2. The number of allylic oxidation sites excluding steroid dienone is 4. The Labute approximate surface area is 239 Å². The second kappa shape index (κ2) is 21.1. The summed E-state index contributed by atoms with van der Waals surface area (Å²) in [5.74, 6) is 0.656. The van der Waals surface area contributed by atoms with Gasteiger partial charge in [-0.15, -0.1) is 6.04 Å². The molecule has 35 heavy (non-hydrogen) atoms. The Bertz CT molecular complexity index is 787. The fourth-order valence-electron chi connectivity index (χ4n) is 4.24. The minimum atomic E-state index is 0. The molecule has 1 N–H and O–H groups in total. The molecule has 1 aliphatic carbocycles. The number of nitrogens with one attached hydrogen (secondary N) is 1. The maximum atomic E-state index is 6.58. The maximum Gasteiger partial charge on any atom is 2.00 e. The summed E-state index contributed by atoms with van der Waals surface area (Å²) in [4.78, 5) is 0. The predicted molar refractivity (Wildman–Crippen MR) is 156 cm³/mol. The fourth-order valence-corrected chi connectivity index (χ4v) is 5.46. The van der Waals surface area contributed by atoms with E-state index in [1.807, 2.05) is 13.8 Å². The van der Waals surface area contributed by atoms with Gasteiger partial charge in [0.25, 0.3) is 0 Å². The van der Waals surface area contributed by atoms with Crippen molar-refractivity contribution in [1.82, 2.24) is 0 Å². The summed E-state index contributed by atoms with van der Waals surface area (Å²) >= 11 is 0. The summed E-state index contributed by atoms with van der Waals surface area (Å²) < 4.78 is 0. The summed E-state index contributed by atoms with van der Waals surface area (Å²) in [6.45, 7) is 12.8. The Kier molecular flexibility index (Phi) is 20.5. The van der Waals surface area contributed by atoms with Crippen LogP contribution in [0, 0.1) is 12.0 Å². The van der Waals surface area contributed by atoms with Crippen LogP contribution in [-0.2, 0) is 26.2 Å². The molecular weight excluding hydrogens is 518 g/mol. The van der Waals surface area contributed by atoms with Crippen molar-refractivity contribution in [3.8, 4) is 0 Å². The summed E-state index contributed by atoms with van der Waals surface area (Å²) in [6, 6.07) is 21.4. The van der Waals surface area contributed by atoms with Crippen LogP contribution in [0.25, 0.3) is 5.73 Å². The third kappa shape index (κ3) is 14.3. The van der Waals surface area contributed by atoms with Crippen LogP contribution < -0.4 is 10.4 Å². The fraction of sp³-hybridized carbons (Fsp3) is 0.500. The van der Waals surface area contributed by atoms with E-state index < -0.39 is 0 Å². The summed E-state index contributed by atoms with van der Waals surface area (Å²) in [5.41, 5.74) is 11.6. The van der Waals surface area contributed by atoms with E-state index in [1.54, 1.807) is 16.7 Å². The molecule has 2 aromatic carbocycles. The van der Waals surface area contributed by atoms with Crippen LogP contribution in [0.3, 0.4) is 0 Å². The molecule has 0 aliphatic heterocycles. The minimum absolute atomic E-state index is 0. The molecule has 0 bridgehead atoms. The zero-order chi connectivity index (χ0) is 25.2. The van der Waals surface area contributed by atoms with Crippen LogP contribution in [0.2, 0.25) is 0 Å². The van der Waals surface area contributed by atoms with Gasteiger partial charge in [-0.05, 0) is 6.42 Å². The van der Waals surface area contributed by atoms with Crippen molar-refractivity contribution in [3.63, 3.8) is 0 Å². The van der Waals surface area contributed by atoms with Crippen LogP contribution in [-0.4, -0.2) is 15.6 Å². The molecular formula is C32H48NSiZr. The van der Waals surface area contributed by atoms with Gasteiger partial charge in [0.1, 0.15) is 9.52 Å². The topological polar surface area (TPSA) is 23.8 Å². The standard InChI is InChI=1S/C17H29.C12H11Si.C3H8N.Zr/c1-5-9-14-13-15(10-6-2)17(12-8-4)16(14)11-7-3;1-3-7-11(8-4-1)13-12-9-5-2-6-10-12;1-3(2)4;/h14H,5-12H2,1-4H3;1-10,13H;3-4H,1-2H3;/q-1;;-1;+2. The molecule has 2 aromatic rings. The third-order valence-electron chi connectivity index (χ3n) is 5.55. The van der Waals surface area contributed by atoms with Crippen LogP contribution in [0.5, 0.6) is 0 Å². The largest absolute Gasteiger partial charge is 2.00 e. The molecule has 0 saturated carbocycles. The first-order valence-electron chi connectivity index (χ1n) is 13.5. The summed E-state index contributed by atoms with van der Waals surface area (Å²) in [7, 11) is 0.271. The first-order chi connectivity index (χ1) is 16.5. The Hall–Kier alpha value is -1.02. The Morgan fingerprint density at radius 2 is 1.20 bits per heavy atom. The molecule has 0 spiro atoms. The average Bonchev–Trinajstić information content (AvgIpc) is 3.12. The van der Waals surface area contributed by atoms with Crippen molar-refractivity contribution < 1.29 is 26.2 Å². The van der Waals surface area contributed by atoms with E-state index in [1.165, 1.54) is 61.7 Å². The minimum Gasteiger partial charge on any atom is -0.675 e. The van der Waals surface area contributed by atoms with Crippen molar-refractivity contribution in [1.29, 1.82) is 0 Å². The van der Waals surface area contributed by atoms with Gasteiger partial charge in [-0.3, -0.25) is 6.08 Å². The van der Waals surface area contributed by atoms with E-state index in [0.29, 0.717) is 5.92 Å². The maximum absolute atomic E-state index is 6.58. The van der Waals surface area contributed by atoms with Crippen molar-refractivity contribution >= 4 is 19.9 Å². The van der Waals surface area contributed by atoms with Gasteiger partial charge in [0.2, 0.25) is 0 Å². The monoisotopic (exact) mass is 564 g/mol. The first-order valence-corrected chi connectivity index (χ1v) is 14.6. The smallest absolute Gasteiger partial charge is 0.675 e. The van der Waals surface area contributed by atoms with Crippen molar-refractivity contribution in [2.24, 2.45) is 5.92 Å². The van der Waals surface area contributed by atoms with Crippen molar-refractivity contribution in [3.05, 3.63) is 89.2 Å². The molecule has 3 rings (SSSR count). The van der Waals surface area contributed by atoms with Crippen molar-refractivity contribution in [2.75, 3.05) is 0 Å². The normalized spacial score (nSPS) is 14.4. The zero-order valence-corrected chi connectivity index (χ0v) is 26.8. The molecule has 1 unspecified atom stereocenters. The van der Waals surface area contributed by atoms with E-state index in [0.717, 1.165) is 0 Å². The van der Waals surface area contributed by atoms with Gasteiger partial charge in [0.15, 0.2) is 0 Å². The number of benzene rings is 2. The van der Waals surface area contributed by atoms with E-state index >= 15 is 0 Å². The molecule has 1 aliphatic rings. The molecule has 1 atom stereocenters. The van der Waals surface area contributed by atoms with Crippen LogP contribution in [0.15, 0.2) is 77.4 Å². The number of hydrogen-bond acceptors (Lipinski definition) is 0. The molecule has 189 valence electrons. The summed E-state index contributed by atoms with van der Waals surface area (Å²) in [6.07, 6.45) is 14.0. The van der Waals surface area contributed by atoms with Gasteiger partial charge in [0.05, 0.1) is 0 Å². The van der Waals surface area contributed by atoms with Gasteiger partial charge in [-0.2, -0.15) is 11.1 Å². The number of rotatable bonds is 10. The molecule has 0 fully saturated rings. The quantitative estimate of drug-likeness (QED) is 0.204. The van der Waals surface area contributed by atoms with Crippen LogP contribution in [0.4, 0.5) is 0 Å². The van der Waals surface area contributed by atoms with Crippen LogP contribution >= 0.6 is 0 Å². The molecule has 1 radical (unpaired) electrons. The van der Waals surface area contributed by atoms with Gasteiger partial charge >= 0.3 is 26.2 Å². The van der Waals surface area contributed by atoms with Gasteiger partial charge in [-0.1, -0.05) is 163 Å². The Morgan fingerprint density at radius 1 is 0.743 bits per heavy atom. The molecule has 0 aromatic heterocycles.